The SMILES string of the molecule is O=C(c1nn(-c2ccc(CN3CCC(F)CC3)cc2)c2c1CSc1ccccc1-2)N1CCOCC1. The second-order valence-corrected chi connectivity index (χ2v) is 10.4. The van der Waals surface area contributed by atoms with Gasteiger partial charge in [0.25, 0.3) is 5.91 Å². The van der Waals surface area contributed by atoms with E-state index in [1.54, 1.807) is 11.8 Å². The Hall–Kier alpha value is -2.68. The highest BCUT2D eigenvalue weighted by Gasteiger charge is 2.32. The van der Waals surface area contributed by atoms with Crippen LogP contribution in [0.25, 0.3) is 16.9 Å². The summed E-state index contributed by atoms with van der Waals surface area (Å²) in [6, 6.07) is 16.8. The average molecular weight is 493 g/mol. The number of aromatic nitrogens is 2. The number of carbonyl (C=O) groups is 1. The van der Waals surface area contributed by atoms with Crippen LogP contribution in [0.2, 0.25) is 0 Å². The summed E-state index contributed by atoms with van der Waals surface area (Å²) in [6.45, 7) is 4.75. The molecule has 1 aromatic heterocycles. The van der Waals surface area contributed by atoms with Gasteiger partial charge in [0.15, 0.2) is 5.69 Å². The number of likely N-dealkylation sites (tertiary alicyclic amines) is 1. The molecule has 0 bridgehead atoms. The molecule has 0 aliphatic carbocycles. The molecule has 2 aromatic carbocycles. The molecule has 3 aliphatic rings. The fourth-order valence-electron chi connectivity index (χ4n) is 5.14. The summed E-state index contributed by atoms with van der Waals surface area (Å²) in [4.78, 5) is 18.9. The topological polar surface area (TPSA) is 50.6 Å². The molecule has 1 amide bonds. The van der Waals surface area contributed by atoms with Gasteiger partial charge in [0.2, 0.25) is 0 Å². The van der Waals surface area contributed by atoms with Gasteiger partial charge in [-0.2, -0.15) is 5.10 Å². The van der Waals surface area contributed by atoms with Crippen molar-refractivity contribution in [2.24, 2.45) is 0 Å². The van der Waals surface area contributed by atoms with Gasteiger partial charge in [-0.05, 0) is 36.6 Å². The number of piperidine rings is 1. The van der Waals surface area contributed by atoms with Crippen LogP contribution in [0.15, 0.2) is 53.4 Å². The molecule has 0 N–H and O–H groups in total. The van der Waals surface area contributed by atoms with Crippen LogP contribution >= 0.6 is 11.8 Å². The van der Waals surface area contributed by atoms with Crippen LogP contribution < -0.4 is 0 Å². The molecule has 3 aromatic rings. The molecule has 8 heteroatoms. The number of alkyl halides is 1. The Kier molecular flexibility index (Phi) is 6.35. The number of hydrogen-bond donors (Lipinski definition) is 0. The third-order valence-electron chi connectivity index (χ3n) is 7.10. The van der Waals surface area contributed by atoms with E-state index < -0.39 is 6.17 Å². The summed E-state index contributed by atoms with van der Waals surface area (Å²) >= 11 is 1.76. The van der Waals surface area contributed by atoms with E-state index in [1.165, 1.54) is 10.5 Å². The Labute approximate surface area is 209 Å². The van der Waals surface area contributed by atoms with Gasteiger partial charge < -0.3 is 9.64 Å². The summed E-state index contributed by atoms with van der Waals surface area (Å²) in [5, 5.41) is 4.91. The second kappa shape index (κ2) is 9.76. The molecule has 2 fully saturated rings. The number of thioether (sulfide) groups is 1. The number of fused-ring (bicyclic) bond motifs is 3. The van der Waals surface area contributed by atoms with Gasteiger partial charge >= 0.3 is 0 Å². The molecule has 0 atom stereocenters. The van der Waals surface area contributed by atoms with E-state index in [4.69, 9.17) is 9.84 Å². The molecule has 0 radical (unpaired) electrons. The lowest BCUT2D eigenvalue weighted by atomic mass is 10.0. The van der Waals surface area contributed by atoms with E-state index in [0.29, 0.717) is 44.8 Å². The van der Waals surface area contributed by atoms with Gasteiger partial charge in [0.05, 0.1) is 24.6 Å². The van der Waals surface area contributed by atoms with Crippen LogP contribution in [0, 0.1) is 0 Å². The van der Waals surface area contributed by atoms with E-state index in [-0.39, 0.29) is 5.91 Å². The molecule has 3 aliphatic heterocycles. The first kappa shape index (κ1) is 22.8. The summed E-state index contributed by atoms with van der Waals surface area (Å²) in [5.41, 5.74) is 5.81. The van der Waals surface area contributed by atoms with Crippen molar-refractivity contribution in [1.82, 2.24) is 19.6 Å². The van der Waals surface area contributed by atoms with Crippen molar-refractivity contribution in [3.05, 3.63) is 65.4 Å². The van der Waals surface area contributed by atoms with Crippen LogP contribution in [0.4, 0.5) is 4.39 Å². The Balaban J connectivity index is 1.34. The summed E-state index contributed by atoms with van der Waals surface area (Å²) in [5.74, 6) is 0.705. The fourth-order valence-corrected chi connectivity index (χ4v) is 6.21. The molecule has 0 unspecified atom stereocenters. The van der Waals surface area contributed by atoms with Crippen LogP contribution in [-0.2, 0) is 17.0 Å². The third-order valence-corrected chi connectivity index (χ3v) is 8.20. The minimum atomic E-state index is -0.657. The monoisotopic (exact) mass is 492 g/mol. The predicted octanol–water partition coefficient (Wildman–Crippen LogP) is 4.55. The maximum Gasteiger partial charge on any atom is 0.274 e. The number of rotatable bonds is 4. The van der Waals surface area contributed by atoms with Crippen molar-refractivity contribution in [2.45, 2.75) is 36.2 Å². The fraction of sp³-hybridized carbons (Fsp3) is 0.407. The van der Waals surface area contributed by atoms with Crippen LogP contribution in [0.5, 0.6) is 0 Å². The highest BCUT2D eigenvalue weighted by molar-refractivity contribution is 7.98. The molecule has 0 spiro atoms. The van der Waals surface area contributed by atoms with E-state index >= 15 is 0 Å². The van der Waals surface area contributed by atoms with Crippen molar-refractivity contribution >= 4 is 17.7 Å². The number of ether oxygens (including phenoxy) is 1. The first-order chi connectivity index (χ1) is 17.2. The standard InChI is InChI=1S/C27H29FN4O2S/c28-20-9-11-30(12-10-20)17-19-5-7-21(8-6-19)32-26-22-3-1-2-4-24(22)35-18-23(26)25(29-32)27(33)31-13-15-34-16-14-31/h1-8,20H,9-18H2. The quantitative estimate of drug-likeness (QED) is 0.535. The van der Waals surface area contributed by atoms with Gasteiger partial charge in [-0.25, -0.2) is 9.07 Å². The zero-order chi connectivity index (χ0) is 23.8. The van der Waals surface area contributed by atoms with Crippen LogP contribution in [-0.4, -0.2) is 71.1 Å². The highest BCUT2D eigenvalue weighted by atomic mass is 32.2. The smallest absolute Gasteiger partial charge is 0.274 e. The second-order valence-electron chi connectivity index (χ2n) is 9.39. The number of halogens is 1. The van der Waals surface area contributed by atoms with Crippen molar-refractivity contribution in [2.75, 3.05) is 39.4 Å². The first-order valence-corrected chi connectivity index (χ1v) is 13.3. The van der Waals surface area contributed by atoms with Gasteiger partial charge in [-0.1, -0.05) is 30.3 Å². The summed E-state index contributed by atoms with van der Waals surface area (Å²) < 4.78 is 20.9. The Bertz CT molecular complexity index is 1210. The zero-order valence-corrected chi connectivity index (χ0v) is 20.5. The number of benzene rings is 2. The Morgan fingerprint density at radius 3 is 2.54 bits per heavy atom. The molecule has 182 valence electrons. The Morgan fingerprint density at radius 1 is 1.03 bits per heavy atom. The molecule has 2 saturated heterocycles. The van der Waals surface area contributed by atoms with Crippen molar-refractivity contribution in [3.63, 3.8) is 0 Å². The van der Waals surface area contributed by atoms with E-state index in [2.05, 4.69) is 47.4 Å². The molecule has 0 saturated carbocycles. The van der Waals surface area contributed by atoms with Gasteiger partial charge in [-0.15, -0.1) is 11.8 Å². The average Bonchev–Trinajstić information content (AvgIpc) is 3.31. The van der Waals surface area contributed by atoms with Gasteiger partial charge in [0.1, 0.15) is 6.17 Å². The zero-order valence-electron chi connectivity index (χ0n) is 19.7. The molecular formula is C27H29FN4O2S. The minimum Gasteiger partial charge on any atom is -0.378 e. The predicted molar refractivity (Wildman–Crippen MR) is 135 cm³/mol. The van der Waals surface area contributed by atoms with Crippen molar-refractivity contribution in [1.29, 1.82) is 0 Å². The van der Waals surface area contributed by atoms with Crippen molar-refractivity contribution in [3.8, 4) is 16.9 Å². The molecule has 6 nitrogen and oxygen atoms in total. The minimum absolute atomic E-state index is 0.0174. The van der Waals surface area contributed by atoms with E-state index in [0.717, 1.165) is 47.9 Å². The lowest BCUT2D eigenvalue weighted by Gasteiger charge is -2.28. The third kappa shape index (κ3) is 4.50. The molecule has 35 heavy (non-hydrogen) atoms. The van der Waals surface area contributed by atoms with Gasteiger partial charge in [-0.3, -0.25) is 9.69 Å². The van der Waals surface area contributed by atoms with E-state index in [9.17, 15) is 9.18 Å². The number of carbonyl (C=O) groups excluding carboxylic acids is 1. The number of morpholine rings is 1. The molecular weight excluding hydrogens is 463 g/mol. The number of hydrogen-bond acceptors (Lipinski definition) is 5. The number of nitrogens with zero attached hydrogens (tertiary/aromatic N) is 4. The molecule has 6 rings (SSSR count). The maximum absolute atomic E-state index is 13.5. The van der Waals surface area contributed by atoms with Gasteiger partial charge in [0, 0.05) is 54.5 Å². The lowest BCUT2D eigenvalue weighted by Crippen LogP contribution is -2.41. The normalized spacial score (nSPS) is 18.8. The lowest BCUT2D eigenvalue weighted by molar-refractivity contribution is 0.0298. The largest absolute Gasteiger partial charge is 0.378 e. The van der Waals surface area contributed by atoms with Crippen LogP contribution in [0.3, 0.4) is 0 Å². The number of amides is 1. The highest BCUT2D eigenvalue weighted by Crippen LogP contribution is 2.43. The van der Waals surface area contributed by atoms with Crippen LogP contribution in [0.1, 0.15) is 34.5 Å². The van der Waals surface area contributed by atoms with Crippen molar-refractivity contribution < 1.29 is 13.9 Å². The summed E-state index contributed by atoms with van der Waals surface area (Å²) in [7, 11) is 0. The summed E-state index contributed by atoms with van der Waals surface area (Å²) in [6.07, 6.45) is 0.582. The Morgan fingerprint density at radius 2 is 1.77 bits per heavy atom. The first-order valence-electron chi connectivity index (χ1n) is 12.3. The molecule has 4 heterocycles. The van der Waals surface area contributed by atoms with E-state index in [1.807, 2.05) is 15.6 Å². The maximum atomic E-state index is 13.5.